The van der Waals surface area contributed by atoms with Gasteiger partial charge in [0.15, 0.2) is 0 Å². The zero-order valence-electron chi connectivity index (χ0n) is 8.66. The van der Waals surface area contributed by atoms with Crippen LogP contribution in [0.3, 0.4) is 0 Å². The molecule has 0 atom stereocenters. The van der Waals surface area contributed by atoms with E-state index in [0.717, 1.165) is 11.1 Å². The Morgan fingerprint density at radius 3 is 2.73 bits per heavy atom. The van der Waals surface area contributed by atoms with Crippen molar-refractivity contribution >= 4 is 0 Å². The monoisotopic (exact) mass is 206 g/mol. The van der Waals surface area contributed by atoms with Gasteiger partial charge in [0.05, 0.1) is 20.3 Å². The molecule has 15 heavy (non-hydrogen) atoms. The summed E-state index contributed by atoms with van der Waals surface area (Å²) < 4.78 is 5.04. The number of aliphatic hydroxyl groups is 2. The summed E-state index contributed by atoms with van der Waals surface area (Å²) in [6.45, 7) is -0.0159. The van der Waals surface area contributed by atoms with Gasteiger partial charge in [-0.3, -0.25) is 0 Å². The number of benzene rings is 1. The van der Waals surface area contributed by atoms with Crippen molar-refractivity contribution in [2.24, 2.45) is 0 Å². The van der Waals surface area contributed by atoms with Crippen LogP contribution in [0.5, 0.6) is 5.75 Å². The van der Waals surface area contributed by atoms with Crippen LogP contribution in [0.2, 0.25) is 0 Å². The van der Waals surface area contributed by atoms with Gasteiger partial charge in [-0.05, 0) is 23.8 Å². The van der Waals surface area contributed by atoms with E-state index in [-0.39, 0.29) is 13.2 Å². The van der Waals surface area contributed by atoms with E-state index < -0.39 is 0 Å². The summed E-state index contributed by atoms with van der Waals surface area (Å²) in [7, 11) is 1.58. The fourth-order valence-electron chi connectivity index (χ4n) is 1.16. The Morgan fingerprint density at radius 2 is 2.13 bits per heavy atom. The molecular formula is C12H14O3. The molecule has 3 nitrogen and oxygen atoms in total. The third-order valence-electron chi connectivity index (χ3n) is 1.94. The molecule has 1 aromatic carbocycles. The molecule has 1 rings (SSSR count). The molecule has 0 saturated heterocycles. The average molecular weight is 206 g/mol. The van der Waals surface area contributed by atoms with Crippen molar-refractivity contribution in [2.75, 3.05) is 13.7 Å². The molecule has 1 aromatic rings. The molecule has 80 valence electrons. The second kappa shape index (κ2) is 6.07. The van der Waals surface area contributed by atoms with Crippen molar-refractivity contribution in [2.45, 2.75) is 13.0 Å². The molecule has 0 aliphatic carbocycles. The van der Waals surface area contributed by atoms with Crippen LogP contribution in [-0.2, 0) is 6.61 Å². The van der Waals surface area contributed by atoms with E-state index in [1.54, 1.807) is 25.3 Å². The van der Waals surface area contributed by atoms with Crippen LogP contribution >= 0.6 is 0 Å². The summed E-state index contributed by atoms with van der Waals surface area (Å²) in [5.74, 6) is 6.40. The Kier molecular flexibility index (Phi) is 4.69. The van der Waals surface area contributed by atoms with Crippen LogP contribution in [0.1, 0.15) is 17.5 Å². The van der Waals surface area contributed by atoms with E-state index >= 15 is 0 Å². The van der Waals surface area contributed by atoms with Crippen molar-refractivity contribution in [3.05, 3.63) is 29.3 Å². The van der Waals surface area contributed by atoms with Crippen LogP contribution in [0.15, 0.2) is 18.2 Å². The lowest BCUT2D eigenvalue weighted by atomic mass is 10.1. The summed E-state index contributed by atoms with van der Waals surface area (Å²) in [6, 6.07) is 5.35. The highest BCUT2D eigenvalue weighted by atomic mass is 16.5. The van der Waals surface area contributed by atoms with Gasteiger partial charge in [0.25, 0.3) is 0 Å². The van der Waals surface area contributed by atoms with Gasteiger partial charge in [0, 0.05) is 12.0 Å². The van der Waals surface area contributed by atoms with Gasteiger partial charge in [0.1, 0.15) is 5.75 Å². The molecule has 0 amide bonds. The molecule has 0 bridgehead atoms. The lowest BCUT2D eigenvalue weighted by molar-refractivity contribution is 0.280. The lowest BCUT2D eigenvalue weighted by Crippen LogP contribution is -1.92. The first-order valence-electron chi connectivity index (χ1n) is 4.69. The summed E-state index contributed by atoms with van der Waals surface area (Å²) in [4.78, 5) is 0. The van der Waals surface area contributed by atoms with Gasteiger partial charge in [-0.1, -0.05) is 11.8 Å². The Bertz CT molecular complexity index is 374. The van der Waals surface area contributed by atoms with Gasteiger partial charge < -0.3 is 14.9 Å². The molecule has 0 saturated carbocycles. The molecule has 2 N–H and O–H groups in total. The predicted molar refractivity (Wildman–Crippen MR) is 57.5 cm³/mol. The minimum absolute atomic E-state index is 0.0532. The maximum atomic E-state index is 9.12. The van der Waals surface area contributed by atoms with Gasteiger partial charge in [-0.2, -0.15) is 0 Å². The normalized spacial score (nSPS) is 9.27. The maximum Gasteiger partial charge on any atom is 0.119 e. The zero-order chi connectivity index (χ0) is 11.1. The molecular weight excluding hydrogens is 192 g/mol. The van der Waals surface area contributed by atoms with Gasteiger partial charge in [-0.25, -0.2) is 0 Å². The highest BCUT2D eigenvalue weighted by molar-refractivity contribution is 5.45. The first kappa shape index (κ1) is 11.6. The van der Waals surface area contributed by atoms with E-state index in [4.69, 9.17) is 14.9 Å². The SMILES string of the molecule is COc1ccc(C#CCCO)c(CO)c1. The maximum absolute atomic E-state index is 9.12. The molecule has 0 radical (unpaired) electrons. The lowest BCUT2D eigenvalue weighted by Gasteiger charge is -2.04. The molecule has 0 aliphatic rings. The van der Waals surface area contributed by atoms with E-state index in [0.29, 0.717) is 12.2 Å². The number of aliphatic hydroxyl groups excluding tert-OH is 2. The predicted octanol–water partition coefficient (Wildman–Crippen LogP) is 0.921. The van der Waals surface area contributed by atoms with E-state index in [1.807, 2.05) is 0 Å². The highest BCUT2D eigenvalue weighted by Gasteiger charge is 2.00. The van der Waals surface area contributed by atoms with Gasteiger partial charge in [-0.15, -0.1) is 0 Å². The summed E-state index contributed by atoms with van der Waals surface area (Å²) >= 11 is 0. The Morgan fingerprint density at radius 1 is 1.33 bits per heavy atom. The van der Waals surface area contributed by atoms with Crippen molar-refractivity contribution < 1.29 is 14.9 Å². The number of hydrogen-bond donors (Lipinski definition) is 2. The minimum Gasteiger partial charge on any atom is -0.497 e. The summed E-state index contributed by atoms with van der Waals surface area (Å²) in [5.41, 5.74) is 1.51. The smallest absolute Gasteiger partial charge is 0.119 e. The number of hydrogen-bond acceptors (Lipinski definition) is 3. The number of rotatable bonds is 3. The van der Waals surface area contributed by atoms with Crippen LogP contribution in [-0.4, -0.2) is 23.9 Å². The van der Waals surface area contributed by atoms with Crippen LogP contribution in [0, 0.1) is 11.8 Å². The second-order valence-electron chi connectivity index (χ2n) is 2.96. The van der Waals surface area contributed by atoms with Gasteiger partial charge in [0.2, 0.25) is 0 Å². The van der Waals surface area contributed by atoms with E-state index in [2.05, 4.69) is 11.8 Å². The fraction of sp³-hybridized carbons (Fsp3) is 0.333. The average Bonchev–Trinajstić information content (AvgIpc) is 2.29. The second-order valence-corrected chi connectivity index (χ2v) is 2.96. The molecule has 0 heterocycles. The van der Waals surface area contributed by atoms with Crippen LogP contribution < -0.4 is 4.74 Å². The van der Waals surface area contributed by atoms with Gasteiger partial charge >= 0.3 is 0 Å². The molecule has 0 spiro atoms. The molecule has 3 heteroatoms. The molecule has 0 aromatic heterocycles. The standard InChI is InChI=1S/C12H14O3/c1-15-12-6-5-10(4-2-3-7-13)11(8-12)9-14/h5-6,8,13-14H,3,7,9H2,1H3. The summed E-state index contributed by atoms with van der Waals surface area (Å²) in [6.07, 6.45) is 0.441. The fourth-order valence-corrected chi connectivity index (χ4v) is 1.16. The third-order valence-corrected chi connectivity index (χ3v) is 1.94. The Balaban J connectivity index is 2.93. The van der Waals surface area contributed by atoms with E-state index in [1.165, 1.54) is 0 Å². The molecule has 0 aliphatic heterocycles. The molecule has 0 unspecified atom stereocenters. The Hall–Kier alpha value is -1.50. The summed E-state index contributed by atoms with van der Waals surface area (Å²) in [5, 5.41) is 17.7. The molecule has 0 fully saturated rings. The van der Waals surface area contributed by atoms with Crippen LogP contribution in [0.25, 0.3) is 0 Å². The third kappa shape index (κ3) is 3.28. The van der Waals surface area contributed by atoms with Crippen molar-refractivity contribution in [1.82, 2.24) is 0 Å². The van der Waals surface area contributed by atoms with Crippen molar-refractivity contribution in [3.8, 4) is 17.6 Å². The highest BCUT2D eigenvalue weighted by Crippen LogP contribution is 2.16. The van der Waals surface area contributed by atoms with Crippen molar-refractivity contribution in [1.29, 1.82) is 0 Å². The quantitative estimate of drug-likeness (QED) is 0.723. The van der Waals surface area contributed by atoms with Crippen molar-refractivity contribution in [3.63, 3.8) is 0 Å². The van der Waals surface area contributed by atoms with E-state index in [9.17, 15) is 0 Å². The first-order chi connectivity index (χ1) is 7.31. The van der Waals surface area contributed by atoms with Crippen LogP contribution in [0.4, 0.5) is 0 Å². The largest absolute Gasteiger partial charge is 0.497 e. The Labute approximate surface area is 89.3 Å². The number of ether oxygens (including phenoxy) is 1. The first-order valence-corrected chi connectivity index (χ1v) is 4.69. The minimum atomic E-state index is -0.0691. The number of methoxy groups -OCH3 is 1. The zero-order valence-corrected chi connectivity index (χ0v) is 8.66. The topological polar surface area (TPSA) is 49.7 Å².